The number of carbonyl (C=O) groups excluding carboxylic acids is 1. The second-order valence-electron chi connectivity index (χ2n) is 4.33. The summed E-state index contributed by atoms with van der Waals surface area (Å²) >= 11 is 0. The minimum atomic E-state index is -0.508. The average molecular weight is 238 g/mol. The zero-order valence-corrected chi connectivity index (χ0v) is 9.47. The summed E-state index contributed by atoms with van der Waals surface area (Å²) in [5, 5.41) is 9.09. The van der Waals surface area contributed by atoms with Crippen LogP contribution in [-0.4, -0.2) is 40.6 Å². The van der Waals surface area contributed by atoms with Crippen molar-refractivity contribution in [3.63, 3.8) is 0 Å². The number of aliphatic hydroxyl groups excluding tert-OH is 1. The largest absolute Gasteiger partial charge is 0.396 e. The molecule has 92 valence electrons. The standard InChI is InChI=1S/C12H15FN2O2/c13-11-4-10(5-14-6-11)12(17)15-3-1-2-9(7-15)8-16/h4-6,9,16H,1-3,7-8H2/t9-/m1/s1. The highest BCUT2D eigenvalue weighted by atomic mass is 19.1. The summed E-state index contributed by atoms with van der Waals surface area (Å²) in [5.41, 5.74) is 0.267. The van der Waals surface area contributed by atoms with Crippen molar-refractivity contribution in [1.82, 2.24) is 9.88 Å². The Morgan fingerprint density at radius 2 is 2.41 bits per heavy atom. The van der Waals surface area contributed by atoms with E-state index in [2.05, 4.69) is 4.98 Å². The maximum Gasteiger partial charge on any atom is 0.255 e. The smallest absolute Gasteiger partial charge is 0.255 e. The molecule has 0 aliphatic carbocycles. The zero-order valence-electron chi connectivity index (χ0n) is 9.47. The Balaban J connectivity index is 2.09. The molecule has 0 bridgehead atoms. The van der Waals surface area contributed by atoms with Crippen LogP contribution < -0.4 is 0 Å². The van der Waals surface area contributed by atoms with Crippen LogP contribution in [0.5, 0.6) is 0 Å². The summed E-state index contributed by atoms with van der Waals surface area (Å²) in [6.07, 6.45) is 4.25. The third-order valence-corrected chi connectivity index (χ3v) is 3.02. The van der Waals surface area contributed by atoms with Gasteiger partial charge in [-0.15, -0.1) is 0 Å². The van der Waals surface area contributed by atoms with E-state index >= 15 is 0 Å². The number of pyridine rings is 1. The molecule has 1 atom stereocenters. The zero-order chi connectivity index (χ0) is 12.3. The van der Waals surface area contributed by atoms with Gasteiger partial charge in [0.05, 0.1) is 11.8 Å². The van der Waals surface area contributed by atoms with Gasteiger partial charge in [-0.05, 0) is 24.8 Å². The third-order valence-electron chi connectivity index (χ3n) is 3.02. The minimum absolute atomic E-state index is 0.0885. The van der Waals surface area contributed by atoms with Gasteiger partial charge in [0.1, 0.15) is 5.82 Å². The fraction of sp³-hybridized carbons (Fsp3) is 0.500. The minimum Gasteiger partial charge on any atom is -0.396 e. The predicted octanol–water partition coefficient (Wildman–Crippen LogP) is 1.07. The number of halogens is 1. The number of aliphatic hydroxyl groups is 1. The SMILES string of the molecule is O=C(c1cncc(F)c1)N1CCC[C@@H](CO)C1. The highest BCUT2D eigenvalue weighted by molar-refractivity contribution is 5.93. The highest BCUT2D eigenvalue weighted by Gasteiger charge is 2.24. The first-order valence-electron chi connectivity index (χ1n) is 5.71. The van der Waals surface area contributed by atoms with Crippen molar-refractivity contribution in [2.75, 3.05) is 19.7 Å². The molecule has 0 spiro atoms. The van der Waals surface area contributed by atoms with Crippen LogP contribution in [0.1, 0.15) is 23.2 Å². The number of likely N-dealkylation sites (tertiary alicyclic amines) is 1. The number of piperidine rings is 1. The van der Waals surface area contributed by atoms with E-state index < -0.39 is 5.82 Å². The number of rotatable bonds is 2. The Morgan fingerprint density at radius 3 is 3.12 bits per heavy atom. The Kier molecular flexibility index (Phi) is 3.68. The number of aromatic nitrogens is 1. The molecule has 0 aromatic carbocycles. The van der Waals surface area contributed by atoms with Gasteiger partial charge in [-0.3, -0.25) is 9.78 Å². The summed E-state index contributed by atoms with van der Waals surface area (Å²) in [4.78, 5) is 17.4. The number of hydrogen-bond donors (Lipinski definition) is 1. The van der Waals surface area contributed by atoms with Crippen LogP contribution in [0, 0.1) is 11.7 Å². The normalized spacial score (nSPS) is 20.4. The van der Waals surface area contributed by atoms with E-state index in [1.165, 1.54) is 12.3 Å². The highest BCUT2D eigenvalue weighted by Crippen LogP contribution is 2.18. The first-order chi connectivity index (χ1) is 8.20. The Morgan fingerprint density at radius 1 is 1.59 bits per heavy atom. The van der Waals surface area contributed by atoms with Gasteiger partial charge in [0, 0.05) is 25.9 Å². The maximum atomic E-state index is 13.0. The molecule has 0 saturated carbocycles. The molecule has 1 N–H and O–H groups in total. The summed E-state index contributed by atoms with van der Waals surface area (Å²) in [5.74, 6) is -0.587. The molecule has 4 nitrogen and oxygen atoms in total. The van der Waals surface area contributed by atoms with Crippen LogP contribution in [0.3, 0.4) is 0 Å². The molecule has 1 aliphatic heterocycles. The first-order valence-corrected chi connectivity index (χ1v) is 5.71. The summed E-state index contributed by atoms with van der Waals surface area (Å²) in [7, 11) is 0. The van der Waals surface area contributed by atoms with Gasteiger partial charge in [-0.2, -0.15) is 0 Å². The number of nitrogens with zero attached hydrogens (tertiary/aromatic N) is 2. The number of carbonyl (C=O) groups is 1. The van der Waals surface area contributed by atoms with Crippen LogP contribution in [0.4, 0.5) is 4.39 Å². The average Bonchev–Trinajstić information content (AvgIpc) is 2.38. The van der Waals surface area contributed by atoms with Crippen molar-refractivity contribution in [1.29, 1.82) is 0 Å². The van der Waals surface area contributed by atoms with Crippen molar-refractivity contribution >= 4 is 5.91 Å². The van der Waals surface area contributed by atoms with Crippen molar-refractivity contribution in [3.8, 4) is 0 Å². The van der Waals surface area contributed by atoms with E-state index in [9.17, 15) is 9.18 Å². The van der Waals surface area contributed by atoms with E-state index in [0.717, 1.165) is 19.0 Å². The molecule has 1 aromatic heterocycles. The maximum absolute atomic E-state index is 13.0. The molecule has 5 heteroatoms. The molecular formula is C12H15FN2O2. The topological polar surface area (TPSA) is 53.4 Å². The van der Waals surface area contributed by atoms with Gasteiger partial charge in [0.15, 0.2) is 0 Å². The van der Waals surface area contributed by atoms with Gasteiger partial charge < -0.3 is 10.0 Å². The molecule has 1 aliphatic rings. The lowest BCUT2D eigenvalue weighted by atomic mass is 9.98. The van der Waals surface area contributed by atoms with Crippen LogP contribution >= 0.6 is 0 Å². The summed E-state index contributed by atoms with van der Waals surface area (Å²) in [6, 6.07) is 1.19. The van der Waals surface area contributed by atoms with E-state index in [1.807, 2.05) is 0 Å². The molecular weight excluding hydrogens is 223 g/mol. The number of amides is 1. The molecule has 2 rings (SSSR count). The van der Waals surface area contributed by atoms with Gasteiger partial charge in [-0.1, -0.05) is 0 Å². The lowest BCUT2D eigenvalue weighted by Crippen LogP contribution is -2.41. The van der Waals surface area contributed by atoms with Crippen molar-refractivity contribution in [2.45, 2.75) is 12.8 Å². The quantitative estimate of drug-likeness (QED) is 0.838. The fourth-order valence-corrected chi connectivity index (χ4v) is 2.11. The lowest BCUT2D eigenvalue weighted by molar-refractivity contribution is 0.0620. The molecule has 1 amide bonds. The van der Waals surface area contributed by atoms with Gasteiger partial charge in [0.2, 0.25) is 0 Å². The van der Waals surface area contributed by atoms with E-state index in [-0.39, 0.29) is 24.0 Å². The van der Waals surface area contributed by atoms with Crippen LogP contribution in [0.2, 0.25) is 0 Å². The molecule has 0 radical (unpaired) electrons. The van der Waals surface area contributed by atoms with Gasteiger partial charge >= 0.3 is 0 Å². The van der Waals surface area contributed by atoms with E-state index in [1.54, 1.807) is 4.90 Å². The fourth-order valence-electron chi connectivity index (χ4n) is 2.11. The second kappa shape index (κ2) is 5.23. The third kappa shape index (κ3) is 2.79. The van der Waals surface area contributed by atoms with Crippen LogP contribution in [0.25, 0.3) is 0 Å². The Hall–Kier alpha value is -1.49. The molecule has 1 saturated heterocycles. The Bertz CT molecular complexity index is 411. The summed E-state index contributed by atoms with van der Waals surface area (Å²) in [6.45, 7) is 1.28. The molecule has 17 heavy (non-hydrogen) atoms. The van der Waals surface area contributed by atoms with E-state index in [0.29, 0.717) is 13.1 Å². The van der Waals surface area contributed by atoms with E-state index in [4.69, 9.17) is 5.11 Å². The van der Waals surface area contributed by atoms with Crippen molar-refractivity contribution < 1.29 is 14.3 Å². The predicted molar refractivity (Wildman–Crippen MR) is 59.9 cm³/mol. The monoisotopic (exact) mass is 238 g/mol. The molecule has 1 aromatic rings. The molecule has 2 heterocycles. The van der Waals surface area contributed by atoms with Gasteiger partial charge in [-0.25, -0.2) is 4.39 Å². The molecule has 0 unspecified atom stereocenters. The van der Waals surface area contributed by atoms with Crippen LogP contribution in [0.15, 0.2) is 18.5 Å². The lowest BCUT2D eigenvalue weighted by Gasteiger charge is -2.31. The molecule has 1 fully saturated rings. The number of hydrogen-bond acceptors (Lipinski definition) is 3. The van der Waals surface area contributed by atoms with Crippen molar-refractivity contribution in [3.05, 3.63) is 29.8 Å². The first kappa shape index (κ1) is 12.0. The van der Waals surface area contributed by atoms with Crippen molar-refractivity contribution in [2.24, 2.45) is 5.92 Å². The second-order valence-corrected chi connectivity index (χ2v) is 4.33. The summed E-state index contributed by atoms with van der Waals surface area (Å²) < 4.78 is 13.0. The van der Waals surface area contributed by atoms with Gasteiger partial charge in [0.25, 0.3) is 5.91 Å². The van der Waals surface area contributed by atoms with Crippen LogP contribution in [-0.2, 0) is 0 Å². The Labute approximate surface area is 99.1 Å².